The molecule has 0 amide bonds. The van der Waals surface area contributed by atoms with Gasteiger partial charge in [0.05, 0.1) is 0 Å². The van der Waals surface area contributed by atoms with Crippen LogP contribution in [0.2, 0.25) is 0 Å². The summed E-state index contributed by atoms with van der Waals surface area (Å²) in [7, 11) is 9.94. The van der Waals surface area contributed by atoms with Crippen LogP contribution in [0.1, 0.15) is 0 Å². The average molecular weight is 219 g/mol. The van der Waals surface area contributed by atoms with E-state index in [1.165, 1.54) is 0 Å². The van der Waals surface area contributed by atoms with Crippen LogP contribution in [-0.2, 0) is 0 Å². The highest BCUT2D eigenvalue weighted by Crippen LogP contribution is 2.03. The zero-order chi connectivity index (χ0) is 11.4. The number of hydrogen-bond acceptors (Lipinski definition) is 4. The lowest BCUT2D eigenvalue weighted by Crippen LogP contribution is -2.59. The molecule has 14 heavy (non-hydrogen) atoms. The highest BCUT2D eigenvalue weighted by atomic mass is 28.4. The van der Waals surface area contributed by atoms with E-state index < -0.39 is 8.32 Å². The molecule has 0 aliphatic carbocycles. The molecule has 0 heterocycles. The van der Waals surface area contributed by atoms with Gasteiger partial charge in [0.1, 0.15) is 0 Å². The SMILES string of the molecule is CN(C)C[Si](O)(CN(C)C)CN(C)C. The number of hydrogen-bond donors (Lipinski definition) is 1. The number of nitrogens with zero attached hydrogens (tertiary/aromatic N) is 3. The molecule has 0 aromatic rings. The lowest BCUT2D eigenvalue weighted by molar-refractivity contribution is 0.346. The van der Waals surface area contributed by atoms with Crippen LogP contribution in [0, 0.1) is 0 Å². The second-order valence-electron chi connectivity index (χ2n) is 4.94. The van der Waals surface area contributed by atoms with Crippen LogP contribution in [0.5, 0.6) is 0 Å². The summed E-state index contributed by atoms with van der Waals surface area (Å²) in [5.74, 6) is 0. The van der Waals surface area contributed by atoms with E-state index in [1.54, 1.807) is 0 Å². The molecule has 0 aliphatic heterocycles. The van der Waals surface area contributed by atoms with E-state index in [-0.39, 0.29) is 0 Å². The van der Waals surface area contributed by atoms with Gasteiger partial charge in [0.2, 0.25) is 8.32 Å². The predicted molar refractivity (Wildman–Crippen MR) is 63.6 cm³/mol. The van der Waals surface area contributed by atoms with Crippen molar-refractivity contribution in [2.24, 2.45) is 0 Å². The lowest BCUT2D eigenvalue weighted by atomic mass is 11.0. The van der Waals surface area contributed by atoms with Crippen LogP contribution in [-0.4, -0.2) is 88.6 Å². The molecular formula is C9H25N3OSi. The van der Waals surface area contributed by atoms with Crippen LogP contribution in [0.25, 0.3) is 0 Å². The van der Waals surface area contributed by atoms with E-state index in [0.717, 1.165) is 18.5 Å². The first-order valence-corrected chi connectivity index (χ1v) is 7.48. The highest BCUT2D eigenvalue weighted by Gasteiger charge is 2.33. The summed E-state index contributed by atoms with van der Waals surface area (Å²) in [6.45, 7) is 0. The predicted octanol–water partition coefficient (Wildman–Crippen LogP) is -0.773. The van der Waals surface area contributed by atoms with Gasteiger partial charge in [-0.1, -0.05) is 0 Å². The van der Waals surface area contributed by atoms with Crippen molar-refractivity contribution in [1.82, 2.24) is 14.7 Å². The quantitative estimate of drug-likeness (QED) is 0.594. The Kier molecular flexibility index (Phi) is 5.85. The molecule has 86 valence electrons. The van der Waals surface area contributed by atoms with Crippen LogP contribution < -0.4 is 0 Å². The lowest BCUT2D eigenvalue weighted by Gasteiger charge is -2.33. The van der Waals surface area contributed by atoms with Gasteiger partial charge in [-0.05, 0) is 42.3 Å². The topological polar surface area (TPSA) is 30.0 Å². The van der Waals surface area contributed by atoms with Crippen LogP contribution in [0.15, 0.2) is 0 Å². The number of rotatable bonds is 6. The van der Waals surface area contributed by atoms with Crippen molar-refractivity contribution in [3.05, 3.63) is 0 Å². The molecule has 0 aliphatic rings. The summed E-state index contributed by atoms with van der Waals surface area (Å²) < 4.78 is 0. The monoisotopic (exact) mass is 219 g/mol. The molecule has 0 unspecified atom stereocenters. The second kappa shape index (κ2) is 5.82. The smallest absolute Gasteiger partial charge is 0.229 e. The first kappa shape index (κ1) is 14.1. The molecule has 0 bridgehead atoms. The Balaban J connectivity index is 4.32. The van der Waals surface area contributed by atoms with E-state index in [9.17, 15) is 4.80 Å². The minimum Gasteiger partial charge on any atom is -0.428 e. The van der Waals surface area contributed by atoms with Crippen LogP contribution >= 0.6 is 0 Å². The van der Waals surface area contributed by atoms with E-state index in [0.29, 0.717) is 0 Å². The van der Waals surface area contributed by atoms with Gasteiger partial charge in [-0.2, -0.15) is 0 Å². The summed E-state index contributed by atoms with van der Waals surface area (Å²) in [6, 6.07) is 0. The van der Waals surface area contributed by atoms with E-state index in [2.05, 4.69) is 14.7 Å². The third-order valence-corrected chi connectivity index (χ3v) is 5.49. The standard InChI is InChI=1S/C9H25N3OSi/c1-10(2)7-14(13,8-11(3)4)9-12(5)6/h13H,7-9H2,1-6H3. The molecule has 0 rings (SSSR count). The fourth-order valence-electron chi connectivity index (χ4n) is 1.92. The van der Waals surface area contributed by atoms with E-state index in [1.807, 2.05) is 42.3 Å². The fraction of sp³-hybridized carbons (Fsp3) is 1.00. The van der Waals surface area contributed by atoms with E-state index in [4.69, 9.17) is 0 Å². The van der Waals surface area contributed by atoms with Gasteiger partial charge in [0.25, 0.3) is 0 Å². The minimum atomic E-state index is -2.16. The zero-order valence-electron chi connectivity index (χ0n) is 10.4. The highest BCUT2D eigenvalue weighted by molar-refractivity contribution is 6.73. The minimum absolute atomic E-state index is 0.823. The Morgan fingerprint density at radius 2 is 0.929 bits per heavy atom. The largest absolute Gasteiger partial charge is 0.428 e. The molecule has 0 saturated carbocycles. The molecule has 0 aromatic carbocycles. The maximum absolute atomic E-state index is 10.5. The van der Waals surface area contributed by atoms with Gasteiger partial charge in [-0.15, -0.1) is 0 Å². The second-order valence-corrected chi connectivity index (χ2v) is 8.34. The van der Waals surface area contributed by atoms with Gasteiger partial charge < -0.3 is 19.5 Å². The third-order valence-electron chi connectivity index (χ3n) is 1.83. The molecule has 0 spiro atoms. The fourth-order valence-corrected chi connectivity index (χ4v) is 5.75. The normalized spacial score (nSPS) is 13.3. The first-order valence-electron chi connectivity index (χ1n) is 4.92. The molecule has 0 radical (unpaired) electrons. The van der Waals surface area contributed by atoms with Gasteiger partial charge in [0.15, 0.2) is 0 Å². The summed E-state index contributed by atoms with van der Waals surface area (Å²) >= 11 is 0. The van der Waals surface area contributed by atoms with Gasteiger partial charge in [-0.25, -0.2) is 0 Å². The molecule has 1 N–H and O–H groups in total. The molecule has 0 saturated heterocycles. The summed E-state index contributed by atoms with van der Waals surface area (Å²) in [6.07, 6.45) is 2.47. The van der Waals surface area contributed by atoms with Crippen LogP contribution in [0.4, 0.5) is 0 Å². The molecule has 0 aromatic heterocycles. The van der Waals surface area contributed by atoms with Crippen molar-refractivity contribution in [3.8, 4) is 0 Å². The Hall–Kier alpha value is 0.0569. The summed E-state index contributed by atoms with van der Waals surface area (Å²) in [4.78, 5) is 16.8. The molecule has 0 fully saturated rings. The first-order chi connectivity index (χ1) is 6.25. The van der Waals surface area contributed by atoms with Gasteiger partial charge >= 0.3 is 0 Å². The Morgan fingerprint density at radius 3 is 1.07 bits per heavy atom. The Morgan fingerprint density at radius 1 is 0.714 bits per heavy atom. The van der Waals surface area contributed by atoms with Crippen molar-refractivity contribution in [3.63, 3.8) is 0 Å². The third kappa shape index (κ3) is 6.50. The molecule has 5 heteroatoms. The van der Waals surface area contributed by atoms with Gasteiger partial charge in [0, 0.05) is 18.5 Å². The summed E-state index contributed by atoms with van der Waals surface area (Å²) in [5.41, 5.74) is 0. The van der Waals surface area contributed by atoms with Gasteiger partial charge in [-0.3, -0.25) is 0 Å². The summed E-state index contributed by atoms with van der Waals surface area (Å²) in [5, 5.41) is 0. The molecule has 0 atom stereocenters. The Labute approximate surface area is 89.2 Å². The molecular weight excluding hydrogens is 194 g/mol. The van der Waals surface area contributed by atoms with Crippen molar-refractivity contribution in [2.45, 2.75) is 0 Å². The van der Waals surface area contributed by atoms with Crippen molar-refractivity contribution >= 4 is 8.32 Å². The maximum atomic E-state index is 10.5. The van der Waals surface area contributed by atoms with Crippen molar-refractivity contribution < 1.29 is 4.80 Å². The molecule has 4 nitrogen and oxygen atoms in total. The maximum Gasteiger partial charge on any atom is 0.229 e. The van der Waals surface area contributed by atoms with E-state index >= 15 is 0 Å². The van der Waals surface area contributed by atoms with Crippen molar-refractivity contribution in [2.75, 3.05) is 60.8 Å². The zero-order valence-corrected chi connectivity index (χ0v) is 11.4. The Bertz CT molecular complexity index is 136. The van der Waals surface area contributed by atoms with Crippen LogP contribution in [0.3, 0.4) is 0 Å². The van der Waals surface area contributed by atoms with Crippen molar-refractivity contribution in [1.29, 1.82) is 0 Å². The average Bonchev–Trinajstić information content (AvgIpc) is 1.76.